The van der Waals surface area contributed by atoms with Crippen LogP contribution in [0.2, 0.25) is 0 Å². The van der Waals surface area contributed by atoms with Gasteiger partial charge in [-0.25, -0.2) is 0 Å². The summed E-state index contributed by atoms with van der Waals surface area (Å²) in [6.07, 6.45) is 1.13. The molecular weight excluding hydrogens is 228 g/mol. The van der Waals surface area contributed by atoms with Gasteiger partial charge in [0.15, 0.2) is 0 Å². The second kappa shape index (κ2) is 4.51. The van der Waals surface area contributed by atoms with Crippen molar-refractivity contribution >= 4 is 27.3 Å². The Bertz CT molecular complexity index is 286. The first-order chi connectivity index (χ1) is 6.15. The predicted octanol–water partition coefficient (Wildman–Crippen LogP) is 2.88. The summed E-state index contributed by atoms with van der Waals surface area (Å²) < 4.78 is 1.07. The lowest BCUT2D eigenvalue weighted by Gasteiger charge is -2.20. The fourth-order valence-corrected chi connectivity index (χ4v) is 1.65. The Morgan fingerprint density at radius 1 is 1.46 bits per heavy atom. The summed E-state index contributed by atoms with van der Waals surface area (Å²) in [5.74, 6) is 0. The van der Waals surface area contributed by atoms with E-state index in [4.69, 9.17) is 5.73 Å². The summed E-state index contributed by atoms with van der Waals surface area (Å²) in [5.41, 5.74) is 7.78. The van der Waals surface area contributed by atoms with E-state index in [0.717, 1.165) is 28.8 Å². The summed E-state index contributed by atoms with van der Waals surface area (Å²) in [6, 6.07) is 5.93. The van der Waals surface area contributed by atoms with Gasteiger partial charge in [-0.1, -0.05) is 22.9 Å². The third kappa shape index (κ3) is 2.62. The number of hydrogen-bond acceptors (Lipinski definition) is 2. The first-order valence-electron chi connectivity index (χ1n) is 4.41. The van der Waals surface area contributed by atoms with Crippen molar-refractivity contribution in [2.45, 2.75) is 13.3 Å². The van der Waals surface area contributed by atoms with Crippen LogP contribution in [0.1, 0.15) is 13.3 Å². The number of anilines is 2. The summed E-state index contributed by atoms with van der Waals surface area (Å²) in [7, 11) is 2.06. The molecule has 0 heterocycles. The third-order valence-corrected chi connectivity index (χ3v) is 2.46. The molecule has 0 unspecified atom stereocenters. The average Bonchev–Trinajstić information content (AvgIpc) is 2.09. The average molecular weight is 243 g/mol. The normalized spacial score (nSPS) is 10.1. The molecule has 0 aromatic heterocycles. The maximum absolute atomic E-state index is 5.86. The summed E-state index contributed by atoms with van der Waals surface area (Å²) in [6.45, 7) is 3.19. The van der Waals surface area contributed by atoms with E-state index in [1.165, 1.54) is 0 Å². The monoisotopic (exact) mass is 242 g/mol. The van der Waals surface area contributed by atoms with Crippen LogP contribution in [0.5, 0.6) is 0 Å². The first kappa shape index (κ1) is 10.4. The van der Waals surface area contributed by atoms with Crippen LogP contribution in [-0.2, 0) is 0 Å². The molecule has 0 saturated heterocycles. The van der Waals surface area contributed by atoms with Gasteiger partial charge in [0.1, 0.15) is 0 Å². The van der Waals surface area contributed by atoms with Gasteiger partial charge in [-0.15, -0.1) is 0 Å². The Morgan fingerprint density at radius 3 is 2.77 bits per heavy atom. The van der Waals surface area contributed by atoms with Gasteiger partial charge in [0.05, 0.1) is 11.4 Å². The standard InChI is InChI=1S/C10H15BrN2/c1-3-6-13(2)10-7-8(11)4-5-9(10)12/h4-5,7H,3,6,12H2,1-2H3. The van der Waals surface area contributed by atoms with Gasteiger partial charge in [0, 0.05) is 18.1 Å². The van der Waals surface area contributed by atoms with Crippen LogP contribution >= 0.6 is 15.9 Å². The molecule has 0 aliphatic carbocycles. The first-order valence-corrected chi connectivity index (χ1v) is 5.20. The van der Waals surface area contributed by atoms with Crippen molar-refractivity contribution in [1.82, 2.24) is 0 Å². The van der Waals surface area contributed by atoms with Crippen LogP contribution in [0.3, 0.4) is 0 Å². The highest BCUT2D eigenvalue weighted by Crippen LogP contribution is 2.26. The second-order valence-corrected chi connectivity index (χ2v) is 4.04. The lowest BCUT2D eigenvalue weighted by atomic mass is 10.2. The predicted molar refractivity (Wildman–Crippen MR) is 62.1 cm³/mol. The van der Waals surface area contributed by atoms with Gasteiger partial charge in [0.2, 0.25) is 0 Å². The maximum atomic E-state index is 5.86. The van der Waals surface area contributed by atoms with Crippen LogP contribution in [0, 0.1) is 0 Å². The second-order valence-electron chi connectivity index (χ2n) is 3.12. The molecule has 0 saturated carbocycles. The number of benzene rings is 1. The van der Waals surface area contributed by atoms with Crippen molar-refractivity contribution in [3.63, 3.8) is 0 Å². The van der Waals surface area contributed by atoms with Gasteiger partial charge >= 0.3 is 0 Å². The zero-order valence-corrected chi connectivity index (χ0v) is 9.63. The molecule has 13 heavy (non-hydrogen) atoms. The van der Waals surface area contributed by atoms with Crippen LogP contribution in [0.15, 0.2) is 22.7 Å². The molecule has 72 valence electrons. The number of nitrogens with two attached hydrogens (primary N) is 1. The topological polar surface area (TPSA) is 29.3 Å². The minimum atomic E-state index is 0.833. The van der Waals surface area contributed by atoms with Crippen molar-refractivity contribution in [3.05, 3.63) is 22.7 Å². The number of nitrogens with zero attached hydrogens (tertiary/aromatic N) is 1. The van der Waals surface area contributed by atoms with Crippen molar-refractivity contribution < 1.29 is 0 Å². The zero-order valence-electron chi connectivity index (χ0n) is 8.05. The summed E-state index contributed by atoms with van der Waals surface area (Å²) in [5, 5.41) is 0. The van der Waals surface area contributed by atoms with Gasteiger partial charge in [-0.2, -0.15) is 0 Å². The van der Waals surface area contributed by atoms with E-state index in [0.29, 0.717) is 0 Å². The van der Waals surface area contributed by atoms with Crippen LogP contribution in [-0.4, -0.2) is 13.6 Å². The molecule has 0 spiro atoms. The quantitative estimate of drug-likeness (QED) is 0.827. The smallest absolute Gasteiger partial charge is 0.0608 e. The lowest BCUT2D eigenvalue weighted by Crippen LogP contribution is -2.18. The molecule has 0 radical (unpaired) electrons. The lowest BCUT2D eigenvalue weighted by molar-refractivity contribution is 0.853. The maximum Gasteiger partial charge on any atom is 0.0608 e. The zero-order chi connectivity index (χ0) is 9.84. The minimum absolute atomic E-state index is 0.833. The molecule has 0 aliphatic heterocycles. The van der Waals surface area contributed by atoms with Crippen LogP contribution in [0.25, 0.3) is 0 Å². The van der Waals surface area contributed by atoms with Crippen molar-refractivity contribution in [2.75, 3.05) is 24.2 Å². The molecule has 0 amide bonds. The molecular formula is C10H15BrN2. The highest BCUT2D eigenvalue weighted by atomic mass is 79.9. The molecule has 2 N–H and O–H groups in total. The van der Waals surface area contributed by atoms with Crippen LogP contribution < -0.4 is 10.6 Å². The van der Waals surface area contributed by atoms with Gasteiger partial charge in [-0.05, 0) is 24.6 Å². The van der Waals surface area contributed by atoms with E-state index in [9.17, 15) is 0 Å². The SMILES string of the molecule is CCCN(C)c1cc(Br)ccc1N. The highest BCUT2D eigenvalue weighted by molar-refractivity contribution is 9.10. The molecule has 0 bridgehead atoms. The molecule has 1 aromatic carbocycles. The van der Waals surface area contributed by atoms with E-state index in [1.807, 2.05) is 18.2 Å². The number of nitrogen functional groups attached to an aromatic ring is 1. The Balaban J connectivity index is 2.91. The van der Waals surface area contributed by atoms with E-state index in [2.05, 4.69) is 34.8 Å². The molecule has 0 atom stereocenters. The van der Waals surface area contributed by atoms with Gasteiger partial charge in [0.25, 0.3) is 0 Å². The van der Waals surface area contributed by atoms with Gasteiger partial charge in [-0.3, -0.25) is 0 Å². The molecule has 0 fully saturated rings. The molecule has 3 heteroatoms. The van der Waals surface area contributed by atoms with Gasteiger partial charge < -0.3 is 10.6 Å². The highest BCUT2D eigenvalue weighted by Gasteiger charge is 2.04. The Morgan fingerprint density at radius 2 is 2.15 bits per heavy atom. The fourth-order valence-electron chi connectivity index (χ4n) is 1.30. The number of hydrogen-bond donors (Lipinski definition) is 1. The molecule has 2 nitrogen and oxygen atoms in total. The Kier molecular flexibility index (Phi) is 3.60. The van der Waals surface area contributed by atoms with Crippen molar-refractivity contribution in [3.8, 4) is 0 Å². The molecule has 1 rings (SSSR count). The Hall–Kier alpha value is -0.700. The third-order valence-electron chi connectivity index (χ3n) is 1.96. The number of rotatable bonds is 3. The largest absolute Gasteiger partial charge is 0.397 e. The minimum Gasteiger partial charge on any atom is -0.397 e. The summed E-state index contributed by atoms with van der Waals surface area (Å²) >= 11 is 3.43. The van der Waals surface area contributed by atoms with Crippen molar-refractivity contribution in [2.24, 2.45) is 0 Å². The molecule has 1 aromatic rings. The van der Waals surface area contributed by atoms with Crippen LogP contribution in [0.4, 0.5) is 11.4 Å². The van der Waals surface area contributed by atoms with Crippen molar-refractivity contribution in [1.29, 1.82) is 0 Å². The van der Waals surface area contributed by atoms with E-state index in [-0.39, 0.29) is 0 Å². The number of halogens is 1. The van der Waals surface area contributed by atoms with E-state index in [1.54, 1.807) is 0 Å². The Labute approximate surface area is 87.9 Å². The van der Waals surface area contributed by atoms with E-state index >= 15 is 0 Å². The summed E-state index contributed by atoms with van der Waals surface area (Å²) in [4.78, 5) is 2.17. The molecule has 0 aliphatic rings. The fraction of sp³-hybridized carbons (Fsp3) is 0.400. The van der Waals surface area contributed by atoms with E-state index < -0.39 is 0 Å².